The third-order valence-electron chi connectivity index (χ3n) is 4.92. The molecule has 4 rings (SSSR count). The number of hydrogen-bond acceptors (Lipinski definition) is 5. The summed E-state index contributed by atoms with van der Waals surface area (Å²) >= 11 is 1.62. The average molecular weight is 368 g/mol. The van der Waals surface area contributed by atoms with Crippen LogP contribution in [0.4, 0.5) is 0 Å². The minimum atomic E-state index is -0.435. The topological polar surface area (TPSA) is 90.9 Å². The highest BCUT2D eigenvalue weighted by molar-refractivity contribution is 7.18. The molecule has 1 amide bonds. The van der Waals surface area contributed by atoms with Crippen molar-refractivity contribution in [1.82, 2.24) is 14.5 Å². The zero-order valence-corrected chi connectivity index (χ0v) is 15.4. The maximum atomic E-state index is 13.3. The summed E-state index contributed by atoms with van der Waals surface area (Å²) in [6, 6.07) is 3.68. The quantitative estimate of drug-likeness (QED) is 0.766. The molecule has 1 unspecified atom stereocenters. The molecule has 3 aromatic rings. The van der Waals surface area contributed by atoms with Gasteiger partial charge in [0, 0.05) is 35.8 Å². The first-order chi connectivity index (χ1) is 12.5. The molecule has 1 aliphatic rings. The van der Waals surface area contributed by atoms with Crippen LogP contribution >= 0.6 is 11.3 Å². The fourth-order valence-corrected chi connectivity index (χ4v) is 4.94. The second kappa shape index (κ2) is 6.64. The van der Waals surface area contributed by atoms with Crippen LogP contribution in [0.15, 0.2) is 29.3 Å². The Hall–Kier alpha value is -2.54. The van der Waals surface area contributed by atoms with E-state index < -0.39 is 5.91 Å². The van der Waals surface area contributed by atoms with Gasteiger partial charge in [0.25, 0.3) is 5.56 Å². The van der Waals surface area contributed by atoms with Crippen molar-refractivity contribution in [3.8, 4) is 11.4 Å². The average Bonchev–Trinajstić information content (AvgIpc) is 2.98. The molecule has 0 spiro atoms. The van der Waals surface area contributed by atoms with Crippen LogP contribution in [0.2, 0.25) is 0 Å². The number of fused-ring (bicyclic) bond motifs is 3. The molecule has 3 aromatic heterocycles. The van der Waals surface area contributed by atoms with Crippen LogP contribution in [-0.4, -0.2) is 20.4 Å². The number of nitrogens with zero attached hydrogens (tertiary/aromatic N) is 3. The number of nitrogens with two attached hydrogens (primary N) is 1. The number of rotatable bonds is 4. The lowest BCUT2D eigenvalue weighted by Crippen LogP contribution is -2.26. The molecule has 2 N–H and O–H groups in total. The molecule has 0 saturated heterocycles. The highest BCUT2D eigenvalue weighted by atomic mass is 32.1. The van der Waals surface area contributed by atoms with Crippen molar-refractivity contribution in [2.75, 3.05) is 0 Å². The van der Waals surface area contributed by atoms with E-state index in [1.54, 1.807) is 28.3 Å². The number of amides is 1. The highest BCUT2D eigenvalue weighted by Gasteiger charge is 2.25. The molecule has 0 fully saturated rings. The van der Waals surface area contributed by atoms with Gasteiger partial charge in [-0.3, -0.25) is 19.1 Å². The lowest BCUT2D eigenvalue weighted by Gasteiger charge is -2.17. The zero-order valence-electron chi connectivity index (χ0n) is 14.6. The summed E-state index contributed by atoms with van der Waals surface area (Å²) in [6.07, 6.45) is 6.46. The van der Waals surface area contributed by atoms with Gasteiger partial charge in [0.05, 0.1) is 5.39 Å². The predicted molar refractivity (Wildman–Crippen MR) is 102 cm³/mol. The number of thiophene rings is 1. The van der Waals surface area contributed by atoms with Gasteiger partial charge in [0.1, 0.15) is 10.7 Å². The second-order valence-electron chi connectivity index (χ2n) is 6.88. The fraction of sp³-hybridized carbons (Fsp3) is 0.368. The van der Waals surface area contributed by atoms with Crippen molar-refractivity contribution < 1.29 is 4.79 Å². The molecule has 0 aromatic carbocycles. The van der Waals surface area contributed by atoms with Gasteiger partial charge in [-0.15, -0.1) is 11.3 Å². The molecule has 3 heterocycles. The normalized spacial score (nSPS) is 16.6. The second-order valence-corrected chi connectivity index (χ2v) is 7.97. The van der Waals surface area contributed by atoms with Crippen molar-refractivity contribution in [2.24, 2.45) is 11.7 Å². The Bertz CT molecular complexity index is 1040. The van der Waals surface area contributed by atoms with E-state index in [4.69, 9.17) is 10.7 Å². The van der Waals surface area contributed by atoms with Crippen molar-refractivity contribution in [3.63, 3.8) is 0 Å². The predicted octanol–water partition coefficient (Wildman–Crippen LogP) is 2.52. The number of carbonyl (C=O) groups is 1. The van der Waals surface area contributed by atoms with Crippen LogP contribution in [0.5, 0.6) is 0 Å². The van der Waals surface area contributed by atoms with Crippen LogP contribution in [0.1, 0.15) is 30.2 Å². The van der Waals surface area contributed by atoms with E-state index in [-0.39, 0.29) is 18.5 Å². The van der Waals surface area contributed by atoms with E-state index in [1.165, 1.54) is 4.88 Å². The molecule has 1 aliphatic carbocycles. The van der Waals surface area contributed by atoms with Crippen LogP contribution in [0.3, 0.4) is 0 Å². The molecule has 26 heavy (non-hydrogen) atoms. The van der Waals surface area contributed by atoms with E-state index in [0.717, 1.165) is 35.2 Å². The van der Waals surface area contributed by atoms with Crippen LogP contribution in [-0.2, 0) is 24.2 Å². The minimum absolute atomic E-state index is 0.0813. The third-order valence-corrected chi connectivity index (χ3v) is 6.07. The lowest BCUT2D eigenvalue weighted by molar-refractivity contribution is -0.118. The van der Waals surface area contributed by atoms with Gasteiger partial charge < -0.3 is 5.73 Å². The smallest absolute Gasteiger partial charge is 0.262 e. The van der Waals surface area contributed by atoms with Crippen LogP contribution in [0, 0.1) is 5.92 Å². The molecule has 0 saturated carbocycles. The van der Waals surface area contributed by atoms with Gasteiger partial charge in [0.2, 0.25) is 5.91 Å². The zero-order chi connectivity index (χ0) is 18.3. The first-order valence-electron chi connectivity index (χ1n) is 8.78. The summed E-state index contributed by atoms with van der Waals surface area (Å²) in [5.41, 5.74) is 7.14. The Morgan fingerprint density at radius 2 is 2.31 bits per heavy atom. The standard InChI is InChI=1S/C19H20N4O2S/c1-11-4-5-13-14(9-11)26-18-16(13)19(25)23(8-6-15(20)24)17(22-18)12-3-2-7-21-10-12/h2-3,7,10-11H,4-6,8-9H2,1H3,(H2,20,24). The van der Waals surface area contributed by atoms with Gasteiger partial charge >= 0.3 is 0 Å². The van der Waals surface area contributed by atoms with E-state index in [9.17, 15) is 9.59 Å². The first-order valence-corrected chi connectivity index (χ1v) is 9.60. The Morgan fingerprint density at radius 3 is 3.04 bits per heavy atom. The molecular weight excluding hydrogens is 348 g/mol. The van der Waals surface area contributed by atoms with Crippen LogP contribution < -0.4 is 11.3 Å². The first kappa shape index (κ1) is 16.9. The van der Waals surface area contributed by atoms with Gasteiger partial charge in [-0.2, -0.15) is 0 Å². The van der Waals surface area contributed by atoms with Gasteiger partial charge in [0.15, 0.2) is 0 Å². The van der Waals surface area contributed by atoms with E-state index in [1.807, 2.05) is 12.1 Å². The Morgan fingerprint density at radius 1 is 1.46 bits per heavy atom. The summed E-state index contributed by atoms with van der Waals surface area (Å²) in [6.45, 7) is 2.47. The number of aromatic nitrogens is 3. The maximum Gasteiger partial charge on any atom is 0.262 e. The largest absolute Gasteiger partial charge is 0.370 e. The molecule has 134 valence electrons. The van der Waals surface area contributed by atoms with E-state index >= 15 is 0 Å². The number of pyridine rings is 1. The number of hydrogen-bond donors (Lipinski definition) is 1. The molecular formula is C19H20N4O2S. The SMILES string of the molecule is CC1CCc2c(sc3nc(-c4cccnc4)n(CCC(N)=O)c(=O)c23)C1. The van der Waals surface area contributed by atoms with Gasteiger partial charge in [-0.1, -0.05) is 6.92 Å². The lowest BCUT2D eigenvalue weighted by atomic mass is 9.89. The minimum Gasteiger partial charge on any atom is -0.370 e. The summed E-state index contributed by atoms with van der Waals surface area (Å²) < 4.78 is 1.58. The third kappa shape index (κ3) is 2.92. The molecule has 0 bridgehead atoms. The molecule has 1 atom stereocenters. The molecule has 0 aliphatic heterocycles. The number of primary amides is 1. The molecule has 6 nitrogen and oxygen atoms in total. The van der Waals surface area contributed by atoms with Gasteiger partial charge in [-0.25, -0.2) is 4.98 Å². The number of carbonyl (C=O) groups excluding carboxylic acids is 1. The Kier molecular flexibility index (Phi) is 4.32. The summed E-state index contributed by atoms with van der Waals surface area (Å²) in [5.74, 6) is 0.740. The Balaban J connectivity index is 1.96. The fourth-order valence-electron chi connectivity index (χ4n) is 3.57. The molecule has 0 radical (unpaired) electrons. The summed E-state index contributed by atoms with van der Waals surface area (Å²) in [7, 11) is 0. The monoisotopic (exact) mass is 368 g/mol. The Labute approximate surface area is 154 Å². The van der Waals surface area contributed by atoms with Crippen molar-refractivity contribution in [3.05, 3.63) is 45.3 Å². The summed E-state index contributed by atoms with van der Waals surface area (Å²) in [5, 5.41) is 0.717. The number of aryl methyl sites for hydroxylation is 1. The van der Waals surface area contributed by atoms with Crippen LogP contribution in [0.25, 0.3) is 21.6 Å². The summed E-state index contributed by atoms with van der Waals surface area (Å²) in [4.78, 5) is 35.6. The molecule has 7 heteroatoms. The van der Waals surface area contributed by atoms with Gasteiger partial charge in [-0.05, 0) is 42.9 Å². The van der Waals surface area contributed by atoms with Crippen molar-refractivity contribution in [2.45, 2.75) is 39.2 Å². The highest BCUT2D eigenvalue weighted by Crippen LogP contribution is 2.36. The maximum absolute atomic E-state index is 13.3. The van der Waals surface area contributed by atoms with Crippen molar-refractivity contribution in [1.29, 1.82) is 0 Å². The van der Waals surface area contributed by atoms with Crippen molar-refractivity contribution >= 4 is 27.5 Å². The van der Waals surface area contributed by atoms with E-state index in [2.05, 4.69) is 11.9 Å². The van der Waals surface area contributed by atoms with E-state index in [0.29, 0.717) is 17.1 Å².